The van der Waals surface area contributed by atoms with Crippen LogP contribution in [0.15, 0.2) is 48.5 Å². The Hall–Kier alpha value is -2.27. The van der Waals surface area contributed by atoms with Gasteiger partial charge in [0, 0.05) is 24.1 Å². The third kappa shape index (κ3) is 5.45. The fourth-order valence-corrected chi connectivity index (χ4v) is 2.78. The first kappa shape index (κ1) is 17.1. The van der Waals surface area contributed by atoms with Crippen molar-refractivity contribution in [1.29, 1.82) is 0 Å². The summed E-state index contributed by atoms with van der Waals surface area (Å²) in [4.78, 5) is 23.4. The molecule has 2 aromatic rings. The molecule has 2 amide bonds. The molecule has 2 N–H and O–H groups in total. The van der Waals surface area contributed by atoms with Crippen molar-refractivity contribution < 1.29 is 9.59 Å². The minimum atomic E-state index is -0.142. The maximum atomic E-state index is 11.9. The third-order valence-corrected chi connectivity index (χ3v) is 4.28. The lowest BCUT2D eigenvalue weighted by atomic mass is 10.2. The molecule has 0 fully saturated rings. The summed E-state index contributed by atoms with van der Waals surface area (Å²) in [6.45, 7) is 2.06. The molecule has 2 aromatic carbocycles. The predicted octanol–water partition coefficient (Wildman–Crippen LogP) is 3.23. The van der Waals surface area contributed by atoms with Crippen molar-refractivity contribution in [1.82, 2.24) is 5.32 Å². The average molecular weight is 328 g/mol. The van der Waals surface area contributed by atoms with Gasteiger partial charge in [0.2, 0.25) is 5.91 Å². The summed E-state index contributed by atoms with van der Waals surface area (Å²) in [5.41, 5.74) is 3.71. The van der Waals surface area contributed by atoms with E-state index in [0.717, 1.165) is 5.75 Å². The molecule has 0 saturated heterocycles. The highest BCUT2D eigenvalue weighted by molar-refractivity contribution is 7.99. The van der Waals surface area contributed by atoms with Crippen molar-refractivity contribution in [3.63, 3.8) is 0 Å². The number of nitrogens with one attached hydrogen (secondary N) is 2. The molecule has 0 aliphatic rings. The Morgan fingerprint density at radius 3 is 2.26 bits per heavy atom. The maximum Gasteiger partial charge on any atom is 0.251 e. The molecule has 0 bridgehead atoms. The molecule has 120 valence electrons. The second-order valence-electron chi connectivity index (χ2n) is 5.18. The van der Waals surface area contributed by atoms with E-state index >= 15 is 0 Å². The molecule has 0 heterocycles. The summed E-state index contributed by atoms with van der Waals surface area (Å²) in [6.07, 6.45) is 0. The minimum absolute atomic E-state index is 0.0465. The summed E-state index contributed by atoms with van der Waals surface area (Å²) in [7, 11) is 1.59. The Morgan fingerprint density at radius 2 is 1.65 bits per heavy atom. The van der Waals surface area contributed by atoms with Gasteiger partial charge >= 0.3 is 0 Å². The lowest BCUT2D eigenvalue weighted by Gasteiger charge is -2.06. The van der Waals surface area contributed by atoms with Gasteiger partial charge in [0.05, 0.1) is 5.75 Å². The van der Waals surface area contributed by atoms with Crippen LogP contribution in [0.3, 0.4) is 0 Å². The number of carbonyl (C=O) groups is 2. The molecule has 0 saturated carbocycles. The zero-order valence-corrected chi connectivity index (χ0v) is 14.1. The number of hydrogen-bond donors (Lipinski definition) is 2. The van der Waals surface area contributed by atoms with Crippen LogP contribution >= 0.6 is 11.8 Å². The monoisotopic (exact) mass is 328 g/mol. The standard InChI is InChI=1S/C18H20N2O2S/c1-13-3-5-14(6-4-13)11-23-12-17(21)20-16-9-7-15(8-10-16)18(22)19-2/h3-10H,11-12H2,1-2H3,(H,19,22)(H,20,21). The van der Waals surface area contributed by atoms with Crippen molar-refractivity contribution in [2.75, 3.05) is 18.1 Å². The first-order valence-corrected chi connectivity index (χ1v) is 8.49. The highest BCUT2D eigenvalue weighted by Crippen LogP contribution is 2.14. The fourth-order valence-electron chi connectivity index (χ4n) is 1.99. The number of hydrogen-bond acceptors (Lipinski definition) is 3. The van der Waals surface area contributed by atoms with E-state index in [4.69, 9.17) is 0 Å². The number of thioether (sulfide) groups is 1. The largest absolute Gasteiger partial charge is 0.355 e. The molecule has 0 aliphatic heterocycles. The zero-order valence-electron chi connectivity index (χ0n) is 13.3. The Balaban J connectivity index is 1.78. The van der Waals surface area contributed by atoms with E-state index in [1.807, 2.05) is 0 Å². The Kier molecular flexibility index (Phi) is 6.23. The molecule has 23 heavy (non-hydrogen) atoms. The molecular formula is C18H20N2O2S. The van der Waals surface area contributed by atoms with Crippen LogP contribution in [0.5, 0.6) is 0 Å². The van der Waals surface area contributed by atoms with Crippen molar-refractivity contribution in [3.05, 3.63) is 65.2 Å². The van der Waals surface area contributed by atoms with E-state index in [1.54, 1.807) is 43.1 Å². The smallest absolute Gasteiger partial charge is 0.251 e. The van der Waals surface area contributed by atoms with Crippen LogP contribution in [0, 0.1) is 6.92 Å². The van der Waals surface area contributed by atoms with Gasteiger partial charge < -0.3 is 10.6 Å². The second-order valence-corrected chi connectivity index (χ2v) is 6.17. The van der Waals surface area contributed by atoms with Crippen molar-refractivity contribution in [2.24, 2.45) is 0 Å². The van der Waals surface area contributed by atoms with Crippen molar-refractivity contribution >= 4 is 29.3 Å². The van der Waals surface area contributed by atoms with Gasteiger partial charge in [-0.3, -0.25) is 9.59 Å². The number of amides is 2. The van der Waals surface area contributed by atoms with E-state index in [0.29, 0.717) is 17.0 Å². The highest BCUT2D eigenvalue weighted by Gasteiger charge is 2.05. The van der Waals surface area contributed by atoms with E-state index < -0.39 is 0 Å². The van der Waals surface area contributed by atoms with Crippen molar-refractivity contribution in [2.45, 2.75) is 12.7 Å². The van der Waals surface area contributed by atoms with E-state index in [-0.39, 0.29) is 11.8 Å². The number of carbonyl (C=O) groups excluding carboxylic acids is 2. The summed E-state index contributed by atoms with van der Waals surface area (Å²) in [5, 5.41) is 5.39. The van der Waals surface area contributed by atoms with Crippen molar-refractivity contribution in [3.8, 4) is 0 Å². The van der Waals surface area contributed by atoms with Gasteiger partial charge in [-0.15, -0.1) is 11.8 Å². The van der Waals surface area contributed by atoms with Crippen LogP contribution in [0.4, 0.5) is 5.69 Å². The molecular weight excluding hydrogens is 308 g/mol. The number of benzene rings is 2. The summed E-state index contributed by atoms with van der Waals surface area (Å²) in [6, 6.07) is 15.1. The van der Waals surface area contributed by atoms with Gasteiger partial charge in [0.1, 0.15) is 0 Å². The molecule has 0 aliphatic carbocycles. The van der Waals surface area contributed by atoms with E-state index in [9.17, 15) is 9.59 Å². The minimum Gasteiger partial charge on any atom is -0.355 e. The van der Waals surface area contributed by atoms with Gasteiger partial charge in [0.25, 0.3) is 5.91 Å². The number of anilines is 1. The van der Waals surface area contributed by atoms with Crippen LogP contribution < -0.4 is 10.6 Å². The summed E-state index contributed by atoms with van der Waals surface area (Å²) < 4.78 is 0. The molecule has 0 radical (unpaired) electrons. The van der Waals surface area contributed by atoms with Crippen LogP contribution in [0.1, 0.15) is 21.5 Å². The van der Waals surface area contributed by atoms with E-state index in [2.05, 4.69) is 41.8 Å². The van der Waals surface area contributed by atoms with Gasteiger partial charge in [-0.2, -0.15) is 0 Å². The highest BCUT2D eigenvalue weighted by atomic mass is 32.2. The number of aryl methyl sites for hydroxylation is 1. The van der Waals surface area contributed by atoms with Crippen LogP contribution in [0.25, 0.3) is 0 Å². The average Bonchev–Trinajstić information content (AvgIpc) is 2.56. The molecule has 0 atom stereocenters. The Morgan fingerprint density at radius 1 is 1.00 bits per heavy atom. The van der Waals surface area contributed by atoms with Crippen LogP contribution in [-0.2, 0) is 10.5 Å². The van der Waals surface area contributed by atoms with Gasteiger partial charge in [0.15, 0.2) is 0 Å². The molecule has 0 aromatic heterocycles. The second kappa shape index (κ2) is 8.39. The van der Waals surface area contributed by atoms with Gasteiger partial charge in [-0.05, 0) is 36.8 Å². The van der Waals surface area contributed by atoms with E-state index in [1.165, 1.54) is 11.1 Å². The Bertz CT molecular complexity index is 666. The molecule has 0 spiro atoms. The Labute approximate surface area is 140 Å². The number of rotatable bonds is 6. The topological polar surface area (TPSA) is 58.2 Å². The molecule has 5 heteroatoms. The van der Waals surface area contributed by atoms with Gasteiger partial charge in [-0.1, -0.05) is 29.8 Å². The predicted molar refractivity (Wildman–Crippen MR) is 95.8 cm³/mol. The zero-order chi connectivity index (χ0) is 16.7. The first-order chi connectivity index (χ1) is 11.1. The molecule has 2 rings (SSSR count). The lowest BCUT2D eigenvalue weighted by molar-refractivity contribution is -0.113. The van der Waals surface area contributed by atoms with Crippen LogP contribution in [-0.4, -0.2) is 24.6 Å². The third-order valence-electron chi connectivity index (χ3n) is 3.28. The summed E-state index contributed by atoms with van der Waals surface area (Å²) >= 11 is 1.58. The molecule has 4 nitrogen and oxygen atoms in total. The quantitative estimate of drug-likeness (QED) is 0.856. The van der Waals surface area contributed by atoms with Gasteiger partial charge in [-0.25, -0.2) is 0 Å². The first-order valence-electron chi connectivity index (χ1n) is 7.34. The maximum absolute atomic E-state index is 11.9. The summed E-state index contributed by atoms with van der Waals surface area (Å²) in [5.74, 6) is 1.01. The van der Waals surface area contributed by atoms with Crippen LogP contribution in [0.2, 0.25) is 0 Å². The lowest BCUT2D eigenvalue weighted by Crippen LogP contribution is -2.18. The normalized spacial score (nSPS) is 10.2. The fraction of sp³-hybridized carbons (Fsp3) is 0.222. The SMILES string of the molecule is CNC(=O)c1ccc(NC(=O)CSCc2ccc(C)cc2)cc1. The molecule has 0 unspecified atom stereocenters.